The van der Waals surface area contributed by atoms with Crippen LogP contribution in [0, 0.1) is 0 Å². The van der Waals surface area contributed by atoms with Crippen LogP contribution in [0.25, 0.3) is 11.4 Å². The van der Waals surface area contributed by atoms with Gasteiger partial charge in [0.15, 0.2) is 5.82 Å². The Morgan fingerprint density at radius 3 is 2.77 bits per heavy atom. The Hall–Kier alpha value is -2.21. The maximum absolute atomic E-state index is 12.0. The molecule has 1 amide bonds. The lowest BCUT2D eigenvalue weighted by Gasteiger charge is -2.08. The van der Waals surface area contributed by atoms with E-state index in [2.05, 4.69) is 39.7 Å². The van der Waals surface area contributed by atoms with Crippen molar-refractivity contribution in [2.45, 2.75) is 32.6 Å². The van der Waals surface area contributed by atoms with Crippen molar-refractivity contribution in [2.24, 2.45) is 0 Å². The average Bonchev–Trinajstić information content (AvgIpc) is 2.98. The van der Waals surface area contributed by atoms with Gasteiger partial charge in [-0.3, -0.25) is 9.89 Å². The lowest BCUT2D eigenvalue weighted by atomic mass is 10.1. The first kappa shape index (κ1) is 16.2. The van der Waals surface area contributed by atoms with Gasteiger partial charge < -0.3 is 10.6 Å². The number of nitrogens with zero attached hydrogens (tertiary/aromatic N) is 2. The second kappa shape index (κ2) is 7.70. The zero-order valence-electron chi connectivity index (χ0n) is 13.3. The molecule has 0 unspecified atom stereocenters. The molecule has 2 rings (SSSR count). The maximum atomic E-state index is 12.0. The summed E-state index contributed by atoms with van der Waals surface area (Å²) in [5, 5.41) is 13.2. The van der Waals surface area contributed by atoms with Crippen LogP contribution in [0.4, 0.5) is 5.69 Å². The number of rotatable bonds is 7. The van der Waals surface area contributed by atoms with Gasteiger partial charge in [-0.05, 0) is 32.1 Å². The number of para-hydroxylation sites is 1. The number of nitrogens with one attached hydrogen (secondary N) is 3. The molecular weight excluding hydrogens is 278 g/mol. The Morgan fingerprint density at radius 1 is 1.32 bits per heavy atom. The van der Waals surface area contributed by atoms with Crippen LogP contribution in [-0.2, 0) is 4.79 Å². The molecule has 0 aliphatic carbocycles. The van der Waals surface area contributed by atoms with E-state index in [-0.39, 0.29) is 11.8 Å². The summed E-state index contributed by atoms with van der Waals surface area (Å²) in [4.78, 5) is 16.5. The fourth-order valence-corrected chi connectivity index (χ4v) is 2.08. The molecule has 118 valence electrons. The van der Waals surface area contributed by atoms with Gasteiger partial charge in [0.2, 0.25) is 5.91 Å². The Balaban J connectivity index is 2.14. The zero-order valence-corrected chi connectivity index (χ0v) is 13.3. The fraction of sp³-hybridized carbons (Fsp3) is 0.438. The minimum absolute atomic E-state index is 0.00215. The number of aromatic amines is 1. The number of hydrogen-bond acceptors (Lipinski definition) is 4. The van der Waals surface area contributed by atoms with Crippen molar-refractivity contribution in [3.8, 4) is 11.4 Å². The highest BCUT2D eigenvalue weighted by Crippen LogP contribution is 2.26. The number of amides is 1. The van der Waals surface area contributed by atoms with Crippen molar-refractivity contribution in [1.82, 2.24) is 20.5 Å². The van der Waals surface area contributed by atoms with E-state index < -0.39 is 0 Å². The third-order valence-electron chi connectivity index (χ3n) is 3.32. The van der Waals surface area contributed by atoms with Crippen LogP contribution in [-0.4, -0.2) is 34.7 Å². The van der Waals surface area contributed by atoms with Gasteiger partial charge in [0, 0.05) is 17.9 Å². The Bertz CT molecular complexity index is 621. The summed E-state index contributed by atoms with van der Waals surface area (Å²) in [5.41, 5.74) is 1.57. The molecule has 1 aromatic carbocycles. The molecule has 6 heteroatoms. The molecule has 0 spiro atoms. The second-order valence-corrected chi connectivity index (χ2v) is 5.50. The van der Waals surface area contributed by atoms with Crippen LogP contribution >= 0.6 is 0 Å². The monoisotopic (exact) mass is 301 g/mol. The highest BCUT2D eigenvalue weighted by molar-refractivity contribution is 5.94. The molecule has 3 N–H and O–H groups in total. The number of benzene rings is 1. The quantitative estimate of drug-likeness (QED) is 0.686. The highest BCUT2D eigenvalue weighted by Gasteiger charge is 2.13. The Labute approximate surface area is 130 Å². The summed E-state index contributed by atoms with van der Waals surface area (Å²) >= 11 is 0. The summed E-state index contributed by atoms with van der Waals surface area (Å²) in [6.45, 7) is 4.94. The van der Waals surface area contributed by atoms with Crippen molar-refractivity contribution >= 4 is 11.6 Å². The fourth-order valence-electron chi connectivity index (χ4n) is 2.08. The first-order valence-electron chi connectivity index (χ1n) is 7.58. The van der Waals surface area contributed by atoms with E-state index in [1.807, 2.05) is 31.3 Å². The van der Waals surface area contributed by atoms with Gasteiger partial charge in [-0.15, -0.1) is 0 Å². The predicted molar refractivity (Wildman–Crippen MR) is 87.7 cm³/mol. The van der Waals surface area contributed by atoms with Crippen LogP contribution < -0.4 is 10.6 Å². The molecule has 2 aromatic rings. The van der Waals surface area contributed by atoms with Crippen molar-refractivity contribution in [2.75, 3.05) is 18.9 Å². The van der Waals surface area contributed by atoms with Gasteiger partial charge >= 0.3 is 0 Å². The van der Waals surface area contributed by atoms with Gasteiger partial charge in [0.25, 0.3) is 0 Å². The van der Waals surface area contributed by atoms with Crippen LogP contribution in [0.2, 0.25) is 0 Å². The molecule has 0 fully saturated rings. The van der Waals surface area contributed by atoms with Crippen LogP contribution in [0.1, 0.15) is 38.4 Å². The van der Waals surface area contributed by atoms with Crippen molar-refractivity contribution in [1.29, 1.82) is 0 Å². The number of aromatic nitrogens is 3. The van der Waals surface area contributed by atoms with E-state index in [1.165, 1.54) is 0 Å². The van der Waals surface area contributed by atoms with Gasteiger partial charge in [-0.1, -0.05) is 26.0 Å². The Kier molecular flexibility index (Phi) is 5.66. The molecule has 0 bridgehead atoms. The summed E-state index contributed by atoms with van der Waals surface area (Å²) < 4.78 is 0. The van der Waals surface area contributed by atoms with Crippen LogP contribution in [0.3, 0.4) is 0 Å². The molecule has 0 saturated carbocycles. The molecule has 0 saturated heterocycles. The van der Waals surface area contributed by atoms with E-state index in [1.54, 1.807) is 0 Å². The van der Waals surface area contributed by atoms with Crippen molar-refractivity contribution < 1.29 is 4.79 Å². The van der Waals surface area contributed by atoms with Gasteiger partial charge in [-0.2, -0.15) is 5.10 Å². The molecule has 0 radical (unpaired) electrons. The third-order valence-corrected chi connectivity index (χ3v) is 3.32. The normalized spacial score (nSPS) is 10.9. The molecular formula is C16H23N5O. The van der Waals surface area contributed by atoms with E-state index in [4.69, 9.17) is 0 Å². The summed E-state index contributed by atoms with van der Waals surface area (Å²) in [7, 11) is 1.88. The minimum Gasteiger partial charge on any atom is -0.325 e. The first-order chi connectivity index (χ1) is 10.6. The van der Waals surface area contributed by atoms with E-state index in [0.717, 1.165) is 30.0 Å². The van der Waals surface area contributed by atoms with Gasteiger partial charge in [0.05, 0.1) is 5.69 Å². The molecule has 0 atom stereocenters. The van der Waals surface area contributed by atoms with Crippen LogP contribution in [0.5, 0.6) is 0 Å². The molecule has 1 heterocycles. The van der Waals surface area contributed by atoms with E-state index in [9.17, 15) is 4.79 Å². The number of H-pyrrole nitrogens is 1. The average molecular weight is 301 g/mol. The summed E-state index contributed by atoms with van der Waals surface area (Å²) in [6.07, 6.45) is 1.29. The first-order valence-corrected chi connectivity index (χ1v) is 7.58. The van der Waals surface area contributed by atoms with Gasteiger partial charge in [0.1, 0.15) is 5.82 Å². The van der Waals surface area contributed by atoms with E-state index in [0.29, 0.717) is 12.2 Å². The molecule has 22 heavy (non-hydrogen) atoms. The smallest absolute Gasteiger partial charge is 0.224 e. The molecule has 1 aromatic heterocycles. The van der Waals surface area contributed by atoms with Crippen molar-refractivity contribution in [3.05, 3.63) is 30.1 Å². The molecule has 6 nitrogen and oxygen atoms in total. The molecule has 0 aliphatic rings. The van der Waals surface area contributed by atoms with Gasteiger partial charge in [-0.25, -0.2) is 4.98 Å². The second-order valence-electron chi connectivity index (χ2n) is 5.50. The molecule has 0 aliphatic heterocycles. The highest BCUT2D eigenvalue weighted by atomic mass is 16.1. The summed E-state index contributed by atoms with van der Waals surface area (Å²) in [5.74, 6) is 1.73. The zero-order chi connectivity index (χ0) is 15.9. The Morgan fingerprint density at radius 2 is 2.09 bits per heavy atom. The number of carbonyl (C=O) groups is 1. The lowest BCUT2D eigenvalue weighted by molar-refractivity contribution is -0.116. The number of anilines is 1. The van der Waals surface area contributed by atoms with Crippen molar-refractivity contribution in [3.63, 3.8) is 0 Å². The topological polar surface area (TPSA) is 82.7 Å². The standard InChI is InChI=1S/C16H23N5O/c1-11(2)15-19-16(21-20-15)12-7-4-5-8-13(12)18-14(22)9-6-10-17-3/h4-5,7-8,11,17H,6,9-10H2,1-3H3,(H,18,22)(H,19,20,21). The summed E-state index contributed by atoms with van der Waals surface area (Å²) in [6, 6.07) is 7.59. The lowest BCUT2D eigenvalue weighted by Crippen LogP contribution is -2.15. The van der Waals surface area contributed by atoms with Crippen LogP contribution in [0.15, 0.2) is 24.3 Å². The third kappa shape index (κ3) is 4.14. The SMILES string of the molecule is CNCCCC(=O)Nc1ccccc1-c1n[nH]c(C(C)C)n1. The predicted octanol–water partition coefficient (Wildman–Crippen LogP) is 2.53. The largest absolute Gasteiger partial charge is 0.325 e. The maximum Gasteiger partial charge on any atom is 0.224 e. The minimum atomic E-state index is 0.00215. The number of hydrogen-bond donors (Lipinski definition) is 3. The number of carbonyl (C=O) groups excluding carboxylic acids is 1. The van der Waals surface area contributed by atoms with E-state index >= 15 is 0 Å².